The standard InChI is InChI=1S/C10H14N2O4/c1-3-9(2)5-10(9)7(15)12(4-6(13)14)8(16)11-10/h3-5H2,1-2H3,(H,11,16)(H,13,14)/t9-,10+/m0/s1. The average Bonchev–Trinajstić information content (AvgIpc) is 2.73. The van der Waals surface area contributed by atoms with Crippen LogP contribution in [0.4, 0.5) is 4.79 Å². The SMILES string of the molecule is CC[C@@]1(C)C[C@]12NC(=O)N(CC(=O)O)C2=O. The topological polar surface area (TPSA) is 86.7 Å². The molecule has 1 aliphatic heterocycles. The van der Waals surface area contributed by atoms with Gasteiger partial charge >= 0.3 is 12.0 Å². The number of amides is 3. The van der Waals surface area contributed by atoms with E-state index in [2.05, 4.69) is 5.32 Å². The number of carbonyl (C=O) groups is 3. The van der Waals surface area contributed by atoms with Gasteiger partial charge in [-0.3, -0.25) is 14.5 Å². The summed E-state index contributed by atoms with van der Waals surface area (Å²) >= 11 is 0. The minimum Gasteiger partial charge on any atom is -0.480 e. The average molecular weight is 226 g/mol. The number of carboxylic acids is 1. The van der Waals surface area contributed by atoms with Crippen LogP contribution in [0.5, 0.6) is 0 Å². The summed E-state index contributed by atoms with van der Waals surface area (Å²) in [5.41, 5.74) is -1.07. The molecule has 88 valence electrons. The molecule has 1 saturated heterocycles. The fourth-order valence-corrected chi connectivity index (χ4v) is 2.40. The van der Waals surface area contributed by atoms with Crippen LogP contribution in [0.15, 0.2) is 0 Å². The monoisotopic (exact) mass is 226 g/mol. The molecular weight excluding hydrogens is 212 g/mol. The largest absolute Gasteiger partial charge is 0.480 e. The van der Waals surface area contributed by atoms with Gasteiger partial charge in [0, 0.05) is 5.41 Å². The van der Waals surface area contributed by atoms with Crippen LogP contribution in [-0.4, -0.2) is 40.0 Å². The molecule has 0 aromatic heterocycles. The summed E-state index contributed by atoms with van der Waals surface area (Å²) in [6, 6.07) is -0.593. The van der Waals surface area contributed by atoms with Crippen LogP contribution in [0.3, 0.4) is 0 Å². The van der Waals surface area contributed by atoms with Gasteiger partial charge in [-0.05, 0) is 12.8 Å². The van der Waals surface area contributed by atoms with E-state index < -0.39 is 30.0 Å². The molecule has 0 aromatic rings. The molecule has 6 nitrogen and oxygen atoms in total. The first-order chi connectivity index (χ1) is 7.36. The van der Waals surface area contributed by atoms with Crippen molar-refractivity contribution in [3.63, 3.8) is 0 Å². The summed E-state index contributed by atoms with van der Waals surface area (Å²) in [4.78, 5) is 34.8. The number of hydrogen-bond donors (Lipinski definition) is 2. The Kier molecular flexibility index (Phi) is 2.02. The van der Waals surface area contributed by atoms with Gasteiger partial charge in [0.05, 0.1) is 0 Å². The Labute approximate surface area is 92.6 Å². The lowest BCUT2D eigenvalue weighted by atomic mass is 9.99. The molecule has 3 amide bonds. The van der Waals surface area contributed by atoms with Crippen molar-refractivity contribution in [1.82, 2.24) is 10.2 Å². The van der Waals surface area contributed by atoms with E-state index in [-0.39, 0.29) is 5.41 Å². The quantitative estimate of drug-likeness (QED) is 0.672. The number of aliphatic carboxylic acids is 1. The van der Waals surface area contributed by atoms with E-state index in [9.17, 15) is 14.4 Å². The Balaban J connectivity index is 2.22. The molecule has 16 heavy (non-hydrogen) atoms. The summed E-state index contributed by atoms with van der Waals surface area (Å²) in [5.74, 6) is -1.58. The van der Waals surface area contributed by atoms with Crippen molar-refractivity contribution in [2.45, 2.75) is 32.2 Å². The molecule has 6 heteroatoms. The fourth-order valence-electron chi connectivity index (χ4n) is 2.40. The highest BCUT2D eigenvalue weighted by atomic mass is 16.4. The van der Waals surface area contributed by atoms with Crippen molar-refractivity contribution in [2.75, 3.05) is 6.54 Å². The molecule has 0 bridgehead atoms. The Morgan fingerprint density at radius 2 is 2.19 bits per heavy atom. The van der Waals surface area contributed by atoms with E-state index in [0.717, 1.165) is 11.3 Å². The van der Waals surface area contributed by atoms with E-state index in [4.69, 9.17) is 5.11 Å². The van der Waals surface area contributed by atoms with Gasteiger partial charge in [-0.1, -0.05) is 13.8 Å². The number of imide groups is 1. The molecule has 2 aliphatic rings. The predicted molar refractivity (Wildman–Crippen MR) is 53.6 cm³/mol. The maximum Gasteiger partial charge on any atom is 0.325 e. The van der Waals surface area contributed by atoms with Crippen LogP contribution in [0.2, 0.25) is 0 Å². The lowest BCUT2D eigenvalue weighted by Crippen LogP contribution is -2.38. The molecule has 1 aliphatic carbocycles. The van der Waals surface area contributed by atoms with Gasteiger partial charge in [0.2, 0.25) is 0 Å². The number of carboxylic acid groups (broad SMARTS) is 1. The molecular formula is C10H14N2O4. The van der Waals surface area contributed by atoms with Crippen molar-refractivity contribution in [2.24, 2.45) is 5.41 Å². The van der Waals surface area contributed by atoms with Crippen LogP contribution in [0.25, 0.3) is 0 Å². The number of nitrogens with one attached hydrogen (secondary N) is 1. The van der Waals surface area contributed by atoms with E-state index in [1.807, 2.05) is 13.8 Å². The lowest BCUT2D eigenvalue weighted by molar-refractivity contribution is -0.142. The number of urea groups is 1. The number of carbonyl (C=O) groups excluding carboxylic acids is 2. The number of nitrogens with zero attached hydrogens (tertiary/aromatic N) is 1. The summed E-state index contributed by atoms with van der Waals surface area (Å²) < 4.78 is 0. The Bertz CT molecular complexity index is 394. The van der Waals surface area contributed by atoms with Crippen LogP contribution < -0.4 is 5.32 Å². The third-order valence-corrected chi connectivity index (χ3v) is 3.81. The summed E-state index contributed by atoms with van der Waals surface area (Å²) in [6.45, 7) is 3.32. The highest BCUT2D eigenvalue weighted by molar-refractivity contribution is 6.11. The fraction of sp³-hybridized carbons (Fsp3) is 0.700. The third-order valence-electron chi connectivity index (χ3n) is 3.81. The second-order valence-electron chi connectivity index (χ2n) is 4.71. The van der Waals surface area contributed by atoms with Crippen LogP contribution in [0, 0.1) is 5.41 Å². The zero-order valence-electron chi connectivity index (χ0n) is 9.24. The summed E-state index contributed by atoms with van der Waals surface area (Å²) in [6.07, 6.45) is 1.37. The number of hydrogen-bond acceptors (Lipinski definition) is 3. The van der Waals surface area contributed by atoms with Gasteiger partial charge in [0.25, 0.3) is 5.91 Å². The zero-order valence-corrected chi connectivity index (χ0v) is 9.24. The second-order valence-corrected chi connectivity index (χ2v) is 4.71. The Morgan fingerprint density at radius 1 is 1.56 bits per heavy atom. The van der Waals surface area contributed by atoms with Crippen molar-refractivity contribution < 1.29 is 19.5 Å². The summed E-state index contributed by atoms with van der Waals surface area (Å²) in [5, 5.41) is 11.2. The molecule has 1 heterocycles. The molecule has 1 saturated carbocycles. The first-order valence-corrected chi connectivity index (χ1v) is 5.22. The van der Waals surface area contributed by atoms with Crippen molar-refractivity contribution in [1.29, 1.82) is 0 Å². The first-order valence-electron chi connectivity index (χ1n) is 5.22. The van der Waals surface area contributed by atoms with Crippen LogP contribution >= 0.6 is 0 Å². The normalized spacial score (nSPS) is 36.8. The molecule has 0 radical (unpaired) electrons. The van der Waals surface area contributed by atoms with E-state index in [1.54, 1.807) is 0 Å². The highest BCUT2D eigenvalue weighted by Crippen LogP contribution is 2.60. The Morgan fingerprint density at radius 3 is 2.62 bits per heavy atom. The zero-order chi connectivity index (χ0) is 12.1. The smallest absolute Gasteiger partial charge is 0.325 e. The molecule has 2 atom stereocenters. The molecule has 1 spiro atoms. The van der Waals surface area contributed by atoms with Crippen LogP contribution in [0.1, 0.15) is 26.7 Å². The minimum atomic E-state index is -1.18. The molecule has 2 fully saturated rings. The van der Waals surface area contributed by atoms with E-state index in [1.165, 1.54) is 0 Å². The third kappa shape index (κ3) is 1.15. The van der Waals surface area contributed by atoms with Gasteiger partial charge < -0.3 is 10.4 Å². The summed E-state index contributed by atoms with van der Waals surface area (Å²) in [7, 11) is 0. The van der Waals surface area contributed by atoms with Gasteiger partial charge in [0.1, 0.15) is 12.1 Å². The molecule has 2 N–H and O–H groups in total. The van der Waals surface area contributed by atoms with Gasteiger partial charge in [-0.25, -0.2) is 4.79 Å². The first kappa shape index (κ1) is 10.9. The highest BCUT2D eigenvalue weighted by Gasteiger charge is 2.73. The van der Waals surface area contributed by atoms with Crippen molar-refractivity contribution in [3.05, 3.63) is 0 Å². The van der Waals surface area contributed by atoms with Gasteiger partial charge in [-0.15, -0.1) is 0 Å². The molecule has 0 unspecified atom stereocenters. The lowest BCUT2D eigenvalue weighted by Gasteiger charge is -2.14. The van der Waals surface area contributed by atoms with Gasteiger partial charge in [-0.2, -0.15) is 0 Å². The predicted octanol–water partition coefficient (Wildman–Crippen LogP) is 0.182. The van der Waals surface area contributed by atoms with Gasteiger partial charge in [0.15, 0.2) is 0 Å². The Hall–Kier alpha value is -1.59. The van der Waals surface area contributed by atoms with E-state index in [0.29, 0.717) is 6.42 Å². The second kappa shape index (κ2) is 2.96. The maximum atomic E-state index is 12.0. The van der Waals surface area contributed by atoms with Crippen molar-refractivity contribution in [3.8, 4) is 0 Å². The van der Waals surface area contributed by atoms with E-state index >= 15 is 0 Å². The maximum absolute atomic E-state index is 12.0. The molecule has 0 aromatic carbocycles. The minimum absolute atomic E-state index is 0.229. The van der Waals surface area contributed by atoms with Crippen molar-refractivity contribution >= 4 is 17.9 Å². The molecule has 2 rings (SSSR count). The van der Waals surface area contributed by atoms with Crippen LogP contribution in [-0.2, 0) is 9.59 Å². The number of rotatable bonds is 3.